The molecule has 2 heterocycles. The number of nitrogens with zero attached hydrogens (tertiary/aromatic N) is 1. The first-order valence-electron chi connectivity index (χ1n) is 8.11. The van der Waals surface area contributed by atoms with Gasteiger partial charge in [0.1, 0.15) is 6.04 Å². The lowest BCUT2D eigenvalue weighted by molar-refractivity contribution is -0.123. The molecule has 1 aliphatic rings. The van der Waals surface area contributed by atoms with Gasteiger partial charge in [0, 0.05) is 10.4 Å². The molecule has 1 unspecified atom stereocenters. The van der Waals surface area contributed by atoms with E-state index in [0.29, 0.717) is 17.1 Å². The number of hydrazone groups is 1. The van der Waals surface area contributed by atoms with Gasteiger partial charge in [-0.1, -0.05) is 19.9 Å². The number of thiophene rings is 1. The molecule has 0 fully saturated rings. The van der Waals surface area contributed by atoms with E-state index >= 15 is 0 Å². The molecule has 0 bridgehead atoms. The summed E-state index contributed by atoms with van der Waals surface area (Å²) in [6, 6.07) is 7.98. The smallest absolute Gasteiger partial charge is 0.262 e. The van der Waals surface area contributed by atoms with E-state index in [1.165, 1.54) is 11.3 Å². The summed E-state index contributed by atoms with van der Waals surface area (Å²) >= 11 is 1.51. The van der Waals surface area contributed by atoms with Crippen LogP contribution in [0.3, 0.4) is 0 Å². The van der Waals surface area contributed by atoms with Crippen molar-refractivity contribution in [3.05, 3.63) is 46.2 Å². The molecule has 0 saturated carbocycles. The predicted molar refractivity (Wildman–Crippen MR) is 98.7 cm³/mol. The summed E-state index contributed by atoms with van der Waals surface area (Å²) in [5, 5.41) is 8.61. The van der Waals surface area contributed by atoms with Crippen LogP contribution >= 0.6 is 11.3 Å². The van der Waals surface area contributed by atoms with Gasteiger partial charge < -0.3 is 14.8 Å². The van der Waals surface area contributed by atoms with Gasteiger partial charge >= 0.3 is 0 Å². The van der Waals surface area contributed by atoms with Crippen molar-refractivity contribution in [2.24, 2.45) is 11.0 Å². The van der Waals surface area contributed by atoms with E-state index in [0.717, 1.165) is 4.88 Å². The second kappa shape index (κ2) is 8.01. The zero-order valence-electron chi connectivity index (χ0n) is 14.4. The molecule has 7 nitrogen and oxygen atoms in total. The van der Waals surface area contributed by atoms with Crippen molar-refractivity contribution in [3.8, 4) is 11.5 Å². The Hall–Kier alpha value is -2.87. The van der Waals surface area contributed by atoms with Crippen molar-refractivity contribution in [1.29, 1.82) is 0 Å². The Kier molecular flexibility index (Phi) is 5.52. The van der Waals surface area contributed by atoms with Gasteiger partial charge in [0.2, 0.25) is 6.79 Å². The fraction of sp³-hybridized carbons (Fsp3) is 0.278. The molecular weight excluding hydrogens is 354 g/mol. The third-order valence-electron chi connectivity index (χ3n) is 3.78. The predicted octanol–water partition coefficient (Wildman–Crippen LogP) is 2.38. The Morgan fingerprint density at radius 3 is 2.77 bits per heavy atom. The molecular formula is C18H19N3O4S. The van der Waals surface area contributed by atoms with E-state index in [-0.39, 0.29) is 24.5 Å². The first kappa shape index (κ1) is 17.9. The monoisotopic (exact) mass is 373 g/mol. The van der Waals surface area contributed by atoms with Gasteiger partial charge in [-0.15, -0.1) is 11.3 Å². The highest BCUT2D eigenvalue weighted by atomic mass is 32.1. The molecule has 1 atom stereocenters. The maximum atomic E-state index is 12.5. The number of amides is 2. The van der Waals surface area contributed by atoms with Crippen molar-refractivity contribution in [2.75, 3.05) is 6.79 Å². The Balaban J connectivity index is 1.64. The Morgan fingerprint density at radius 1 is 1.23 bits per heavy atom. The van der Waals surface area contributed by atoms with E-state index < -0.39 is 6.04 Å². The third kappa shape index (κ3) is 4.20. The largest absolute Gasteiger partial charge is 0.454 e. The molecule has 2 aromatic rings. The number of hydrogen-bond acceptors (Lipinski definition) is 6. The number of rotatable bonds is 6. The molecule has 1 aromatic heterocycles. The number of carbonyl (C=O) groups is 2. The molecule has 1 aromatic carbocycles. The van der Waals surface area contributed by atoms with Crippen LogP contribution in [0.1, 0.15) is 29.1 Å². The Morgan fingerprint density at radius 2 is 2.04 bits per heavy atom. The van der Waals surface area contributed by atoms with E-state index in [2.05, 4.69) is 15.8 Å². The molecule has 0 radical (unpaired) electrons. The molecule has 0 aliphatic carbocycles. The van der Waals surface area contributed by atoms with Gasteiger partial charge in [-0.25, -0.2) is 5.43 Å². The van der Waals surface area contributed by atoms with E-state index in [1.54, 1.807) is 24.4 Å². The lowest BCUT2D eigenvalue weighted by atomic mass is 10.0. The fourth-order valence-corrected chi connectivity index (χ4v) is 2.98. The maximum absolute atomic E-state index is 12.5. The van der Waals surface area contributed by atoms with Gasteiger partial charge in [-0.3, -0.25) is 9.59 Å². The minimum atomic E-state index is -0.714. The number of ether oxygens (including phenoxy) is 2. The highest BCUT2D eigenvalue weighted by Gasteiger charge is 2.25. The number of fused-ring (bicyclic) bond motifs is 1. The third-order valence-corrected chi connectivity index (χ3v) is 4.59. The van der Waals surface area contributed by atoms with Crippen LogP contribution in [-0.2, 0) is 4.79 Å². The highest BCUT2D eigenvalue weighted by Crippen LogP contribution is 2.32. The molecule has 0 spiro atoms. The summed E-state index contributed by atoms with van der Waals surface area (Å²) in [6.07, 6.45) is 1.57. The summed E-state index contributed by atoms with van der Waals surface area (Å²) in [7, 11) is 0. The van der Waals surface area contributed by atoms with Gasteiger partial charge in [0.15, 0.2) is 11.5 Å². The van der Waals surface area contributed by atoms with Crippen LogP contribution in [0.15, 0.2) is 40.8 Å². The maximum Gasteiger partial charge on any atom is 0.262 e. The molecule has 2 N–H and O–H groups in total. The van der Waals surface area contributed by atoms with Crippen LogP contribution in [0.25, 0.3) is 0 Å². The lowest BCUT2D eigenvalue weighted by Crippen LogP contribution is -2.48. The minimum absolute atomic E-state index is 0.107. The molecule has 136 valence electrons. The van der Waals surface area contributed by atoms with Crippen molar-refractivity contribution in [2.45, 2.75) is 19.9 Å². The van der Waals surface area contributed by atoms with Crippen molar-refractivity contribution < 1.29 is 19.1 Å². The number of benzene rings is 1. The molecule has 0 saturated heterocycles. The zero-order chi connectivity index (χ0) is 18.5. The van der Waals surface area contributed by atoms with Crippen molar-refractivity contribution in [1.82, 2.24) is 10.7 Å². The number of carbonyl (C=O) groups excluding carboxylic acids is 2. The van der Waals surface area contributed by atoms with Gasteiger partial charge in [0.25, 0.3) is 11.8 Å². The molecule has 1 aliphatic heterocycles. The SMILES string of the molecule is CC(C)C(NC(=O)c1ccc2c(c1)OCO2)C(=O)N/N=C\c1cccs1. The molecule has 3 rings (SSSR count). The highest BCUT2D eigenvalue weighted by molar-refractivity contribution is 7.11. The average Bonchev–Trinajstić information content (AvgIpc) is 3.29. The van der Waals surface area contributed by atoms with Crippen molar-refractivity contribution >= 4 is 29.4 Å². The topological polar surface area (TPSA) is 89.0 Å². The van der Waals surface area contributed by atoms with Crippen LogP contribution in [0.2, 0.25) is 0 Å². The number of nitrogens with one attached hydrogen (secondary N) is 2. The van der Waals surface area contributed by atoms with Crippen LogP contribution in [0.4, 0.5) is 0 Å². The first-order chi connectivity index (χ1) is 12.5. The van der Waals surface area contributed by atoms with Gasteiger partial charge in [-0.05, 0) is 35.6 Å². The van der Waals surface area contributed by atoms with E-state index in [9.17, 15) is 9.59 Å². The zero-order valence-corrected chi connectivity index (χ0v) is 15.2. The van der Waals surface area contributed by atoms with Gasteiger partial charge in [0.05, 0.1) is 6.21 Å². The summed E-state index contributed by atoms with van der Waals surface area (Å²) < 4.78 is 10.5. The second-order valence-corrected chi connectivity index (χ2v) is 6.99. The first-order valence-corrected chi connectivity index (χ1v) is 8.99. The number of hydrogen-bond donors (Lipinski definition) is 2. The second-order valence-electron chi connectivity index (χ2n) is 6.01. The quantitative estimate of drug-likeness (QED) is 0.601. The summed E-state index contributed by atoms with van der Waals surface area (Å²) in [5.74, 6) is 0.276. The molecule has 8 heteroatoms. The summed E-state index contributed by atoms with van der Waals surface area (Å²) in [4.78, 5) is 25.8. The van der Waals surface area contributed by atoms with Gasteiger partial charge in [-0.2, -0.15) is 5.10 Å². The fourth-order valence-electron chi connectivity index (χ4n) is 2.39. The van der Waals surface area contributed by atoms with Crippen LogP contribution in [0.5, 0.6) is 11.5 Å². The van der Waals surface area contributed by atoms with E-state index in [1.807, 2.05) is 31.4 Å². The van der Waals surface area contributed by atoms with Crippen LogP contribution in [-0.4, -0.2) is 30.9 Å². The van der Waals surface area contributed by atoms with E-state index in [4.69, 9.17) is 9.47 Å². The summed E-state index contributed by atoms with van der Waals surface area (Å²) in [5.41, 5.74) is 2.88. The van der Waals surface area contributed by atoms with Crippen LogP contribution in [0, 0.1) is 5.92 Å². The average molecular weight is 373 g/mol. The normalized spacial score (nSPS) is 13.8. The Bertz CT molecular complexity index is 818. The van der Waals surface area contributed by atoms with Crippen LogP contribution < -0.4 is 20.2 Å². The molecule has 2 amide bonds. The Labute approximate surface area is 155 Å². The van der Waals surface area contributed by atoms with Crippen molar-refractivity contribution in [3.63, 3.8) is 0 Å². The summed E-state index contributed by atoms with van der Waals surface area (Å²) in [6.45, 7) is 3.85. The molecule has 26 heavy (non-hydrogen) atoms. The standard InChI is InChI=1S/C18H19N3O4S/c1-11(2)16(18(23)21-19-9-13-4-3-7-26-13)20-17(22)12-5-6-14-15(8-12)25-10-24-14/h3-9,11,16H,10H2,1-2H3,(H,20,22)(H,21,23)/b19-9-. The lowest BCUT2D eigenvalue weighted by Gasteiger charge is -2.20. The minimum Gasteiger partial charge on any atom is -0.454 e.